The van der Waals surface area contributed by atoms with Crippen molar-refractivity contribution in [1.82, 2.24) is 9.62 Å². The molecule has 2 heterocycles. The quantitative estimate of drug-likeness (QED) is 0.825. The summed E-state index contributed by atoms with van der Waals surface area (Å²) in [5.74, 6) is -1.71. The first-order chi connectivity index (χ1) is 11.8. The number of benzene rings is 1. The van der Waals surface area contributed by atoms with Crippen LogP contribution in [0, 0.1) is 11.6 Å². The second-order valence-corrected chi connectivity index (χ2v) is 9.63. The molecule has 9 heteroatoms. The Morgan fingerprint density at radius 2 is 1.88 bits per heavy atom. The largest absolute Gasteiger partial charge is 0.299 e. The fourth-order valence-corrected chi connectivity index (χ4v) is 5.63. The molecule has 2 aromatic rings. The number of nitrogens with one attached hydrogen (secondary N) is 1. The third-order valence-electron chi connectivity index (χ3n) is 4.11. The van der Waals surface area contributed by atoms with E-state index in [0.29, 0.717) is 42.4 Å². The minimum atomic E-state index is -3.55. The lowest BCUT2D eigenvalue weighted by molar-refractivity contribution is 0.199. The summed E-state index contributed by atoms with van der Waals surface area (Å²) >= 11 is 6.82. The molecule has 1 N–H and O–H groups in total. The smallest absolute Gasteiger partial charge is 0.250 e. The van der Waals surface area contributed by atoms with E-state index in [-0.39, 0.29) is 10.3 Å². The highest BCUT2D eigenvalue weighted by molar-refractivity contribution is 7.91. The van der Waals surface area contributed by atoms with Crippen molar-refractivity contribution in [3.63, 3.8) is 0 Å². The van der Waals surface area contributed by atoms with Crippen LogP contribution >= 0.6 is 22.9 Å². The van der Waals surface area contributed by atoms with Crippen molar-refractivity contribution < 1.29 is 17.2 Å². The normalized spacial score (nSPS) is 17.1. The van der Waals surface area contributed by atoms with E-state index in [2.05, 4.69) is 9.62 Å². The van der Waals surface area contributed by atoms with E-state index in [1.54, 1.807) is 12.1 Å². The van der Waals surface area contributed by atoms with Crippen LogP contribution in [-0.4, -0.2) is 32.4 Å². The van der Waals surface area contributed by atoms with Gasteiger partial charge in [-0.1, -0.05) is 17.7 Å². The summed E-state index contributed by atoms with van der Waals surface area (Å²) in [5.41, 5.74) is 0.700. The maximum Gasteiger partial charge on any atom is 0.250 e. The summed E-state index contributed by atoms with van der Waals surface area (Å²) in [6.07, 6.45) is 1.31. The van der Waals surface area contributed by atoms with Crippen molar-refractivity contribution in [3.05, 3.63) is 51.9 Å². The summed E-state index contributed by atoms with van der Waals surface area (Å²) in [4.78, 5) is 2.10. The molecule has 0 saturated carbocycles. The van der Waals surface area contributed by atoms with E-state index >= 15 is 0 Å². The van der Waals surface area contributed by atoms with Gasteiger partial charge in [0.2, 0.25) is 10.0 Å². The van der Waals surface area contributed by atoms with Gasteiger partial charge >= 0.3 is 0 Å². The van der Waals surface area contributed by atoms with Gasteiger partial charge in [-0.3, -0.25) is 4.90 Å². The average Bonchev–Trinajstić information content (AvgIpc) is 3.00. The van der Waals surface area contributed by atoms with E-state index in [1.807, 2.05) is 0 Å². The standard InChI is InChI=1S/C16H17ClF2N2O2S2/c17-15-3-4-16(24-15)25(22,23)20-12-5-7-21(8-6-12)10-11-1-2-13(18)14(19)9-11/h1-4,9,12,20H,5-8,10H2. The summed E-state index contributed by atoms with van der Waals surface area (Å²) in [6.45, 7) is 1.87. The van der Waals surface area contributed by atoms with Crippen LogP contribution in [0.3, 0.4) is 0 Å². The number of halogens is 3. The maximum absolute atomic E-state index is 13.3. The molecule has 0 bridgehead atoms. The zero-order valence-electron chi connectivity index (χ0n) is 13.2. The Labute approximate surface area is 154 Å². The number of thiophene rings is 1. The predicted octanol–water partition coefficient (Wildman–Crippen LogP) is 3.62. The van der Waals surface area contributed by atoms with Gasteiger partial charge in [-0.05, 0) is 42.7 Å². The van der Waals surface area contributed by atoms with Crippen molar-refractivity contribution in [2.24, 2.45) is 0 Å². The zero-order valence-corrected chi connectivity index (χ0v) is 15.6. The molecule has 1 aromatic carbocycles. The van der Waals surface area contributed by atoms with Gasteiger partial charge in [-0.25, -0.2) is 21.9 Å². The molecule has 0 unspecified atom stereocenters. The van der Waals surface area contributed by atoms with Crippen LogP contribution in [0.4, 0.5) is 8.78 Å². The molecular formula is C16H17ClF2N2O2S2. The fourth-order valence-electron chi connectivity index (χ4n) is 2.82. The van der Waals surface area contributed by atoms with Crippen LogP contribution < -0.4 is 4.72 Å². The Balaban J connectivity index is 1.54. The molecule has 1 aliphatic rings. The number of likely N-dealkylation sites (tertiary alicyclic amines) is 1. The topological polar surface area (TPSA) is 49.4 Å². The Hall–Kier alpha value is -1.06. The van der Waals surface area contributed by atoms with E-state index in [1.165, 1.54) is 12.1 Å². The Bertz CT molecular complexity index is 850. The molecule has 1 fully saturated rings. The van der Waals surface area contributed by atoms with Crippen LogP contribution in [0.15, 0.2) is 34.5 Å². The minimum Gasteiger partial charge on any atom is -0.299 e. The molecule has 25 heavy (non-hydrogen) atoms. The van der Waals surface area contributed by atoms with E-state index < -0.39 is 21.7 Å². The van der Waals surface area contributed by atoms with E-state index in [4.69, 9.17) is 11.6 Å². The van der Waals surface area contributed by atoms with Gasteiger partial charge in [0, 0.05) is 25.7 Å². The Morgan fingerprint density at radius 1 is 1.16 bits per heavy atom. The third-order valence-corrected chi connectivity index (χ3v) is 7.36. The zero-order chi connectivity index (χ0) is 18.0. The van der Waals surface area contributed by atoms with Gasteiger partial charge in [0.1, 0.15) is 4.21 Å². The second kappa shape index (κ2) is 7.67. The molecule has 1 aromatic heterocycles. The lowest BCUT2D eigenvalue weighted by Gasteiger charge is -2.32. The summed E-state index contributed by atoms with van der Waals surface area (Å²) < 4.78 is 54.2. The lowest BCUT2D eigenvalue weighted by Crippen LogP contribution is -2.44. The third kappa shape index (κ3) is 4.77. The first-order valence-electron chi connectivity index (χ1n) is 7.77. The monoisotopic (exact) mass is 406 g/mol. The maximum atomic E-state index is 13.3. The van der Waals surface area contributed by atoms with Crippen LogP contribution in [0.5, 0.6) is 0 Å². The van der Waals surface area contributed by atoms with Gasteiger partial charge in [0.05, 0.1) is 4.34 Å². The molecule has 3 rings (SSSR count). The van der Waals surface area contributed by atoms with Crippen LogP contribution in [0.1, 0.15) is 18.4 Å². The molecule has 0 radical (unpaired) electrons. The number of hydrogen-bond donors (Lipinski definition) is 1. The number of sulfonamides is 1. The summed E-state index contributed by atoms with van der Waals surface area (Å²) in [6, 6.07) is 6.79. The first-order valence-corrected chi connectivity index (χ1v) is 10.5. The lowest BCUT2D eigenvalue weighted by atomic mass is 10.1. The summed E-state index contributed by atoms with van der Waals surface area (Å²) in [7, 11) is -3.55. The molecule has 1 saturated heterocycles. The van der Waals surface area contributed by atoms with Crippen molar-refractivity contribution in [3.8, 4) is 0 Å². The van der Waals surface area contributed by atoms with Crippen molar-refractivity contribution in [1.29, 1.82) is 0 Å². The first kappa shape index (κ1) is 18.7. The van der Waals surface area contributed by atoms with Gasteiger partial charge in [0.15, 0.2) is 11.6 Å². The molecule has 0 amide bonds. The highest BCUT2D eigenvalue weighted by Gasteiger charge is 2.25. The van der Waals surface area contributed by atoms with Gasteiger partial charge in [0.25, 0.3) is 0 Å². The SMILES string of the molecule is O=S(=O)(NC1CCN(Cc2ccc(F)c(F)c2)CC1)c1ccc(Cl)s1. The Kier molecular flexibility index (Phi) is 5.75. The minimum absolute atomic E-state index is 0.146. The highest BCUT2D eigenvalue weighted by atomic mass is 35.5. The second-order valence-electron chi connectivity index (χ2n) is 5.98. The molecule has 136 valence electrons. The molecule has 1 aliphatic heterocycles. The van der Waals surface area contributed by atoms with Crippen molar-refractivity contribution in [2.45, 2.75) is 29.6 Å². The number of hydrogen-bond acceptors (Lipinski definition) is 4. The molecule has 0 spiro atoms. The van der Waals surface area contributed by atoms with Gasteiger partial charge in [-0.2, -0.15) is 0 Å². The number of piperidine rings is 1. The van der Waals surface area contributed by atoms with E-state index in [9.17, 15) is 17.2 Å². The van der Waals surface area contributed by atoms with Crippen LogP contribution in [0.2, 0.25) is 4.34 Å². The van der Waals surface area contributed by atoms with E-state index in [0.717, 1.165) is 17.4 Å². The highest BCUT2D eigenvalue weighted by Crippen LogP contribution is 2.26. The van der Waals surface area contributed by atoms with Crippen LogP contribution in [-0.2, 0) is 16.6 Å². The molecular weight excluding hydrogens is 390 g/mol. The van der Waals surface area contributed by atoms with Crippen LogP contribution in [0.25, 0.3) is 0 Å². The number of nitrogens with zero attached hydrogens (tertiary/aromatic N) is 1. The van der Waals surface area contributed by atoms with Gasteiger partial charge in [-0.15, -0.1) is 11.3 Å². The van der Waals surface area contributed by atoms with Gasteiger partial charge < -0.3 is 0 Å². The summed E-state index contributed by atoms with van der Waals surface area (Å²) in [5, 5.41) is 0. The van der Waals surface area contributed by atoms with Crippen molar-refractivity contribution in [2.75, 3.05) is 13.1 Å². The molecule has 0 aliphatic carbocycles. The molecule has 0 atom stereocenters. The predicted molar refractivity (Wildman–Crippen MR) is 94.3 cm³/mol. The van der Waals surface area contributed by atoms with Crippen molar-refractivity contribution >= 4 is 33.0 Å². The average molecular weight is 407 g/mol. The Morgan fingerprint density at radius 3 is 2.48 bits per heavy atom. The molecule has 4 nitrogen and oxygen atoms in total. The fraction of sp³-hybridized carbons (Fsp3) is 0.375. The number of rotatable bonds is 5.